The predicted molar refractivity (Wildman–Crippen MR) is 101 cm³/mol. The van der Waals surface area contributed by atoms with Crippen LogP contribution in [-0.2, 0) is 17.6 Å². The Kier molecular flexibility index (Phi) is 6.24. The Morgan fingerprint density at radius 2 is 1.52 bits per heavy atom. The Morgan fingerprint density at radius 1 is 0.960 bits per heavy atom. The Balaban J connectivity index is 1.74. The summed E-state index contributed by atoms with van der Waals surface area (Å²) in [4.78, 5) is 13.8. The van der Waals surface area contributed by atoms with Gasteiger partial charge >= 0.3 is 5.97 Å². The third-order valence-electron chi connectivity index (χ3n) is 5.13. The summed E-state index contributed by atoms with van der Waals surface area (Å²) in [5, 5.41) is 9.56. The largest absolute Gasteiger partial charge is 0.480 e. The Morgan fingerprint density at radius 3 is 2.04 bits per heavy atom. The minimum Gasteiger partial charge on any atom is -0.480 e. The second kappa shape index (κ2) is 8.82. The third kappa shape index (κ3) is 5.17. The molecule has 1 aliphatic heterocycles. The molecule has 3 rings (SSSR count). The highest BCUT2D eigenvalue weighted by Gasteiger charge is 2.30. The molecule has 0 radical (unpaired) electrons. The summed E-state index contributed by atoms with van der Waals surface area (Å²) in [5.74, 6) is -0.248. The van der Waals surface area contributed by atoms with Crippen molar-refractivity contribution in [1.29, 1.82) is 0 Å². The molecule has 0 aliphatic carbocycles. The fourth-order valence-electron chi connectivity index (χ4n) is 3.92. The van der Waals surface area contributed by atoms with Crippen molar-refractivity contribution < 1.29 is 9.90 Å². The highest BCUT2D eigenvalue weighted by molar-refractivity contribution is 5.73. The molecule has 1 N–H and O–H groups in total. The lowest BCUT2D eigenvalue weighted by Crippen LogP contribution is -2.47. The van der Waals surface area contributed by atoms with Crippen LogP contribution in [0.3, 0.4) is 0 Å². The summed E-state index contributed by atoms with van der Waals surface area (Å²) < 4.78 is 0. The van der Waals surface area contributed by atoms with Gasteiger partial charge in [-0.05, 0) is 49.3 Å². The molecule has 3 nitrogen and oxygen atoms in total. The first-order valence-corrected chi connectivity index (χ1v) is 9.27. The van der Waals surface area contributed by atoms with Gasteiger partial charge in [0.2, 0.25) is 0 Å². The molecule has 1 unspecified atom stereocenters. The van der Waals surface area contributed by atoms with Crippen molar-refractivity contribution in [2.45, 2.75) is 38.1 Å². The van der Waals surface area contributed by atoms with E-state index in [1.54, 1.807) is 0 Å². The van der Waals surface area contributed by atoms with E-state index in [0.717, 1.165) is 45.2 Å². The van der Waals surface area contributed by atoms with Gasteiger partial charge in [-0.25, -0.2) is 0 Å². The minimum atomic E-state index is -0.669. The van der Waals surface area contributed by atoms with Crippen molar-refractivity contribution >= 4 is 5.97 Å². The summed E-state index contributed by atoms with van der Waals surface area (Å²) in [5.41, 5.74) is 2.65. The van der Waals surface area contributed by atoms with Crippen molar-refractivity contribution in [2.75, 3.05) is 13.1 Å². The maximum atomic E-state index is 11.6. The van der Waals surface area contributed by atoms with E-state index >= 15 is 0 Å². The summed E-state index contributed by atoms with van der Waals surface area (Å²) in [6.07, 6.45) is 4.87. The first kappa shape index (κ1) is 17.7. The molecular weight excluding hydrogens is 310 g/mol. The first-order chi connectivity index (χ1) is 12.2. The van der Waals surface area contributed by atoms with E-state index in [1.165, 1.54) is 11.1 Å². The van der Waals surface area contributed by atoms with Crippen LogP contribution in [0.5, 0.6) is 0 Å². The summed E-state index contributed by atoms with van der Waals surface area (Å²) in [6.45, 7) is 1.75. The van der Waals surface area contributed by atoms with Gasteiger partial charge < -0.3 is 5.11 Å². The van der Waals surface area contributed by atoms with Gasteiger partial charge in [0, 0.05) is 6.54 Å². The minimum absolute atomic E-state index is 0.317. The quantitative estimate of drug-likeness (QED) is 0.829. The summed E-state index contributed by atoms with van der Waals surface area (Å²) >= 11 is 0. The van der Waals surface area contributed by atoms with Crippen LogP contribution >= 0.6 is 0 Å². The highest BCUT2D eigenvalue weighted by atomic mass is 16.4. The molecule has 1 atom stereocenters. The highest BCUT2D eigenvalue weighted by Crippen LogP contribution is 2.22. The lowest BCUT2D eigenvalue weighted by Gasteiger charge is -2.35. The third-order valence-corrected chi connectivity index (χ3v) is 5.13. The van der Waals surface area contributed by atoms with E-state index in [4.69, 9.17) is 0 Å². The van der Waals surface area contributed by atoms with Crippen LogP contribution in [0.1, 0.15) is 30.4 Å². The number of rotatable bonds is 7. The molecule has 1 aliphatic rings. The second-order valence-electron chi connectivity index (χ2n) is 7.09. The number of benzene rings is 2. The van der Waals surface area contributed by atoms with Crippen molar-refractivity contribution in [3.05, 3.63) is 71.8 Å². The van der Waals surface area contributed by atoms with E-state index in [2.05, 4.69) is 53.4 Å². The summed E-state index contributed by atoms with van der Waals surface area (Å²) in [6, 6.07) is 20.8. The second-order valence-corrected chi connectivity index (χ2v) is 7.09. The molecule has 0 spiro atoms. The van der Waals surface area contributed by atoms with Gasteiger partial charge in [-0.15, -0.1) is 0 Å². The Hall–Kier alpha value is -2.13. The number of carboxylic acids is 1. The molecule has 0 saturated carbocycles. The van der Waals surface area contributed by atoms with Crippen LogP contribution in [0.15, 0.2) is 60.7 Å². The number of nitrogens with zero attached hydrogens (tertiary/aromatic N) is 1. The molecule has 132 valence electrons. The van der Waals surface area contributed by atoms with Crippen molar-refractivity contribution in [3.63, 3.8) is 0 Å². The maximum absolute atomic E-state index is 11.6. The molecule has 0 amide bonds. The van der Waals surface area contributed by atoms with Crippen molar-refractivity contribution in [1.82, 2.24) is 4.90 Å². The fraction of sp³-hybridized carbons (Fsp3) is 0.409. The number of carboxylic acid groups (broad SMARTS) is 1. The Bertz CT molecular complexity index is 615. The van der Waals surface area contributed by atoms with E-state index < -0.39 is 5.97 Å². The fourth-order valence-corrected chi connectivity index (χ4v) is 3.92. The zero-order chi connectivity index (χ0) is 17.5. The molecule has 1 fully saturated rings. The number of carbonyl (C=O) groups is 1. The molecule has 2 aromatic carbocycles. The zero-order valence-electron chi connectivity index (χ0n) is 14.7. The zero-order valence-corrected chi connectivity index (χ0v) is 14.7. The lowest BCUT2D eigenvalue weighted by molar-refractivity contribution is -0.144. The standard InChI is InChI=1S/C22H27NO2/c24-22(25)21-13-7-8-14-23(21)17-20(15-18-9-3-1-4-10-18)16-19-11-5-2-6-12-19/h1-6,9-12,20-21H,7-8,13-17H2,(H,24,25). The summed E-state index contributed by atoms with van der Waals surface area (Å²) in [7, 11) is 0. The maximum Gasteiger partial charge on any atom is 0.320 e. The van der Waals surface area contributed by atoms with E-state index in [0.29, 0.717) is 5.92 Å². The van der Waals surface area contributed by atoms with Gasteiger partial charge in [-0.2, -0.15) is 0 Å². The number of hydrogen-bond acceptors (Lipinski definition) is 2. The lowest BCUT2D eigenvalue weighted by atomic mass is 9.90. The average molecular weight is 337 g/mol. The van der Waals surface area contributed by atoms with Gasteiger partial charge in [-0.1, -0.05) is 67.1 Å². The van der Waals surface area contributed by atoms with Gasteiger partial charge in [0.05, 0.1) is 0 Å². The molecule has 1 heterocycles. The van der Waals surface area contributed by atoms with Crippen LogP contribution in [0, 0.1) is 5.92 Å². The SMILES string of the molecule is O=C(O)C1CCCCN1CC(Cc1ccccc1)Cc1ccccc1. The molecule has 25 heavy (non-hydrogen) atoms. The van der Waals surface area contributed by atoms with Crippen LogP contribution < -0.4 is 0 Å². The molecule has 3 heteroatoms. The number of piperidine rings is 1. The van der Waals surface area contributed by atoms with Crippen molar-refractivity contribution in [3.8, 4) is 0 Å². The smallest absolute Gasteiger partial charge is 0.320 e. The predicted octanol–water partition coefficient (Wildman–Crippen LogP) is 4.03. The molecule has 2 aromatic rings. The first-order valence-electron chi connectivity index (χ1n) is 9.27. The van der Waals surface area contributed by atoms with E-state index in [9.17, 15) is 9.90 Å². The monoisotopic (exact) mass is 337 g/mol. The average Bonchev–Trinajstić information content (AvgIpc) is 2.63. The molecular formula is C22H27NO2. The topological polar surface area (TPSA) is 40.5 Å². The number of aliphatic carboxylic acids is 1. The molecule has 0 aromatic heterocycles. The van der Waals surface area contributed by atoms with Crippen LogP contribution in [-0.4, -0.2) is 35.1 Å². The molecule has 1 saturated heterocycles. The van der Waals surface area contributed by atoms with Crippen molar-refractivity contribution in [2.24, 2.45) is 5.92 Å². The van der Waals surface area contributed by atoms with Crippen LogP contribution in [0.4, 0.5) is 0 Å². The van der Waals surface area contributed by atoms with Gasteiger partial charge in [0.1, 0.15) is 6.04 Å². The normalized spacial score (nSPS) is 18.4. The van der Waals surface area contributed by atoms with Gasteiger partial charge in [-0.3, -0.25) is 9.69 Å². The number of likely N-dealkylation sites (tertiary alicyclic amines) is 1. The Labute approximate surface area is 150 Å². The van der Waals surface area contributed by atoms with Gasteiger partial charge in [0.15, 0.2) is 0 Å². The number of hydrogen-bond donors (Lipinski definition) is 1. The van der Waals surface area contributed by atoms with E-state index in [-0.39, 0.29) is 6.04 Å². The van der Waals surface area contributed by atoms with Crippen LogP contribution in [0.25, 0.3) is 0 Å². The molecule has 0 bridgehead atoms. The van der Waals surface area contributed by atoms with E-state index in [1.807, 2.05) is 12.1 Å². The van der Waals surface area contributed by atoms with Crippen LogP contribution in [0.2, 0.25) is 0 Å². The van der Waals surface area contributed by atoms with Gasteiger partial charge in [0.25, 0.3) is 0 Å².